The third-order valence-corrected chi connectivity index (χ3v) is 4.55. The molecule has 1 unspecified atom stereocenters. The van der Waals surface area contributed by atoms with Gasteiger partial charge < -0.3 is 14.4 Å². The zero-order valence-electron chi connectivity index (χ0n) is 15.2. The largest absolute Gasteiger partial charge is 0.488 e. The molecule has 1 saturated carbocycles. The highest BCUT2D eigenvalue weighted by molar-refractivity contribution is 6.30. The first-order valence-electron chi connectivity index (χ1n) is 8.88. The fourth-order valence-corrected chi connectivity index (χ4v) is 3.15. The van der Waals surface area contributed by atoms with Crippen molar-refractivity contribution >= 4 is 17.5 Å². The maximum Gasteiger partial charge on any atom is 0.254 e. The van der Waals surface area contributed by atoms with Gasteiger partial charge in [-0.1, -0.05) is 29.8 Å². The van der Waals surface area contributed by atoms with Crippen molar-refractivity contribution in [1.82, 2.24) is 4.90 Å². The smallest absolute Gasteiger partial charge is 0.254 e. The normalized spacial score (nSPS) is 14.7. The van der Waals surface area contributed by atoms with Crippen molar-refractivity contribution in [3.05, 3.63) is 64.7 Å². The Morgan fingerprint density at radius 3 is 2.69 bits per heavy atom. The predicted molar refractivity (Wildman–Crippen MR) is 103 cm³/mol. The highest BCUT2D eigenvalue weighted by atomic mass is 35.5. The molecule has 2 aromatic rings. The summed E-state index contributed by atoms with van der Waals surface area (Å²) in [5, 5.41) is 0.578. The molecule has 0 radical (unpaired) electrons. The lowest BCUT2D eigenvalue weighted by Crippen LogP contribution is -2.32. The summed E-state index contributed by atoms with van der Waals surface area (Å²) in [5.74, 6) is 0.812. The van der Waals surface area contributed by atoms with Crippen molar-refractivity contribution in [2.45, 2.75) is 38.5 Å². The van der Waals surface area contributed by atoms with E-state index in [4.69, 9.17) is 21.1 Å². The fourth-order valence-electron chi connectivity index (χ4n) is 2.96. The van der Waals surface area contributed by atoms with E-state index in [1.165, 1.54) is 0 Å². The van der Waals surface area contributed by atoms with Gasteiger partial charge in [-0.2, -0.15) is 0 Å². The quantitative estimate of drug-likeness (QED) is 0.681. The van der Waals surface area contributed by atoms with Crippen molar-refractivity contribution in [3.63, 3.8) is 0 Å². The van der Waals surface area contributed by atoms with Crippen LogP contribution >= 0.6 is 11.6 Å². The summed E-state index contributed by atoms with van der Waals surface area (Å²) in [7, 11) is 1.66. The van der Waals surface area contributed by atoms with Gasteiger partial charge >= 0.3 is 0 Å². The summed E-state index contributed by atoms with van der Waals surface area (Å²) in [6.07, 6.45) is 2.07. The van der Waals surface area contributed by atoms with Crippen molar-refractivity contribution in [2.24, 2.45) is 0 Å². The Morgan fingerprint density at radius 2 is 2.00 bits per heavy atom. The number of benzene rings is 2. The van der Waals surface area contributed by atoms with Crippen LogP contribution in [-0.4, -0.2) is 36.7 Å². The maximum atomic E-state index is 13.0. The molecule has 1 amide bonds. The molecule has 2 aromatic carbocycles. The minimum Gasteiger partial charge on any atom is -0.488 e. The van der Waals surface area contributed by atoms with Crippen LogP contribution in [0, 0.1) is 0 Å². The second-order valence-electron chi connectivity index (χ2n) is 6.71. The minimum absolute atomic E-state index is 0.0223. The molecule has 0 heterocycles. The van der Waals surface area contributed by atoms with Crippen LogP contribution in [0.1, 0.15) is 35.7 Å². The number of nitrogens with zero attached hydrogens (tertiary/aromatic N) is 1. The van der Waals surface area contributed by atoms with Crippen LogP contribution in [-0.2, 0) is 11.3 Å². The van der Waals surface area contributed by atoms with E-state index in [9.17, 15) is 4.79 Å². The molecule has 3 rings (SSSR count). The molecule has 26 heavy (non-hydrogen) atoms. The number of hydrogen-bond donors (Lipinski definition) is 0. The van der Waals surface area contributed by atoms with Crippen LogP contribution in [0.5, 0.6) is 5.75 Å². The van der Waals surface area contributed by atoms with E-state index in [1.807, 2.05) is 48.2 Å². The van der Waals surface area contributed by atoms with Crippen LogP contribution in [0.15, 0.2) is 48.5 Å². The van der Waals surface area contributed by atoms with Crippen LogP contribution in [0.4, 0.5) is 0 Å². The average Bonchev–Trinajstić information content (AvgIpc) is 3.44. The Bertz CT molecular complexity index is 760. The molecule has 5 heteroatoms. The number of halogens is 1. The number of hydrogen-bond acceptors (Lipinski definition) is 3. The molecule has 0 bridgehead atoms. The Hall–Kier alpha value is -2.04. The first-order chi connectivity index (χ1) is 12.6. The van der Waals surface area contributed by atoms with Gasteiger partial charge in [0.1, 0.15) is 11.9 Å². The molecule has 4 nitrogen and oxygen atoms in total. The zero-order valence-corrected chi connectivity index (χ0v) is 15.9. The van der Waals surface area contributed by atoms with Gasteiger partial charge in [0.2, 0.25) is 0 Å². The number of ether oxygens (including phenoxy) is 2. The zero-order chi connectivity index (χ0) is 18.5. The van der Waals surface area contributed by atoms with Crippen molar-refractivity contribution in [3.8, 4) is 5.75 Å². The van der Waals surface area contributed by atoms with Gasteiger partial charge in [-0.05, 0) is 55.7 Å². The van der Waals surface area contributed by atoms with Crippen molar-refractivity contribution < 1.29 is 14.3 Å². The molecule has 0 spiro atoms. The molecule has 0 N–H and O–H groups in total. The lowest BCUT2D eigenvalue weighted by molar-refractivity contribution is 0.0729. The highest BCUT2D eigenvalue weighted by Gasteiger charge is 2.33. The fraction of sp³-hybridized carbons (Fsp3) is 0.381. The summed E-state index contributed by atoms with van der Waals surface area (Å²) in [6.45, 7) is 3.06. The number of methoxy groups -OCH3 is 1. The Labute approximate surface area is 159 Å². The van der Waals surface area contributed by atoms with E-state index in [2.05, 4.69) is 0 Å². The molecule has 1 atom stereocenters. The van der Waals surface area contributed by atoms with Crippen LogP contribution < -0.4 is 4.74 Å². The second-order valence-corrected chi connectivity index (χ2v) is 7.14. The van der Waals surface area contributed by atoms with Crippen molar-refractivity contribution in [1.29, 1.82) is 0 Å². The van der Waals surface area contributed by atoms with Gasteiger partial charge in [0, 0.05) is 30.3 Å². The summed E-state index contributed by atoms with van der Waals surface area (Å²) < 4.78 is 11.0. The summed E-state index contributed by atoms with van der Waals surface area (Å²) in [4.78, 5) is 14.9. The minimum atomic E-state index is -0.0251. The first-order valence-corrected chi connectivity index (χ1v) is 9.25. The standard InChI is InChI=1S/C21H24ClNO3/c1-15(14-25-2)26-20-8-3-5-16(11-20)13-23(19-9-10-19)21(24)17-6-4-7-18(22)12-17/h3-8,11-12,15,19H,9-10,13-14H2,1-2H3. The Morgan fingerprint density at radius 1 is 1.23 bits per heavy atom. The number of rotatable bonds is 8. The molecule has 1 aliphatic rings. The van der Waals surface area contributed by atoms with E-state index in [0.717, 1.165) is 24.2 Å². The van der Waals surface area contributed by atoms with Gasteiger partial charge in [0.25, 0.3) is 5.91 Å². The highest BCUT2D eigenvalue weighted by Crippen LogP contribution is 2.30. The Balaban J connectivity index is 1.73. The van der Waals surface area contributed by atoms with E-state index < -0.39 is 0 Å². The summed E-state index contributed by atoms with van der Waals surface area (Å²) >= 11 is 6.05. The average molecular weight is 374 g/mol. The van der Waals surface area contributed by atoms with E-state index >= 15 is 0 Å². The molecule has 0 aromatic heterocycles. The number of carbonyl (C=O) groups is 1. The lowest BCUT2D eigenvalue weighted by Gasteiger charge is -2.23. The topological polar surface area (TPSA) is 38.8 Å². The van der Waals surface area contributed by atoms with Gasteiger partial charge in [0.05, 0.1) is 6.61 Å². The van der Waals surface area contributed by atoms with Gasteiger partial charge in [0.15, 0.2) is 0 Å². The van der Waals surface area contributed by atoms with E-state index in [0.29, 0.717) is 29.8 Å². The molecular weight excluding hydrogens is 350 g/mol. The second kappa shape index (κ2) is 8.56. The van der Waals surface area contributed by atoms with Gasteiger partial charge in [-0.3, -0.25) is 4.79 Å². The molecule has 0 saturated heterocycles. The van der Waals surface area contributed by atoms with Crippen molar-refractivity contribution in [2.75, 3.05) is 13.7 Å². The molecule has 1 aliphatic carbocycles. The third-order valence-electron chi connectivity index (χ3n) is 4.31. The molecular formula is C21H24ClNO3. The lowest BCUT2D eigenvalue weighted by atomic mass is 10.1. The molecule has 138 valence electrons. The SMILES string of the molecule is COCC(C)Oc1cccc(CN(C(=O)c2cccc(Cl)c2)C2CC2)c1. The first kappa shape index (κ1) is 18.7. The number of carbonyl (C=O) groups excluding carboxylic acids is 1. The monoisotopic (exact) mass is 373 g/mol. The molecule has 0 aliphatic heterocycles. The maximum absolute atomic E-state index is 13.0. The summed E-state index contributed by atoms with van der Waals surface area (Å²) in [5.41, 5.74) is 1.68. The van der Waals surface area contributed by atoms with Gasteiger partial charge in [-0.25, -0.2) is 0 Å². The van der Waals surface area contributed by atoms with E-state index in [-0.39, 0.29) is 12.0 Å². The van der Waals surface area contributed by atoms with Gasteiger partial charge in [-0.15, -0.1) is 0 Å². The summed E-state index contributed by atoms with van der Waals surface area (Å²) in [6, 6.07) is 15.3. The predicted octanol–water partition coefficient (Wildman–Crippen LogP) is 4.56. The van der Waals surface area contributed by atoms with E-state index in [1.54, 1.807) is 19.2 Å². The Kier molecular flexibility index (Phi) is 6.17. The van der Waals surface area contributed by atoms with Crippen LogP contribution in [0.2, 0.25) is 5.02 Å². The van der Waals surface area contributed by atoms with Crippen LogP contribution in [0.3, 0.4) is 0 Å². The van der Waals surface area contributed by atoms with Crippen LogP contribution in [0.25, 0.3) is 0 Å². The molecule has 1 fully saturated rings. The third kappa shape index (κ3) is 4.99. The number of amides is 1.